The number of nitrogens with zero attached hydrogens (tertiary/aromatic N) is 1. The van der Waals surface area contributed by atoms with Crippen LogP contribution in [0, 0.1) is 12.8 Å². The fraction of sp³-hybridized carbons (Fsp3) is 0.600. The molecule has 0 amide bonds. The molecule has 1 aromatic rings. The minimum atomic E-state index is -3.54. The molecule has 0 radical (unpaired) electrons. The van der Waals surface area contributed by atoms with Gasteiger partial charge in [0.1, 0.15) is 0 Å². The highest BCUT2D eigenvalue weighted by Gasteiger charge is 2.35. The molecule has 2 atom stereocenters. The van der Waals surface area contributed by atoms with E-state index in [4.69, 9.17) is 17.3 Å². The van der Waals surface area contributed by atoms with Crippen LogP contribution in [0.4, 0.5) is 0 Å². The summed E-state index contributed by atoms with van der Waals surface area (Å²) >= 11 is 6.06. The van der Waals surface area contributed by atoms with Gasteiger partial charge in [-0.1, -0.05) is 30.5 Å². The largest absolute Gasteiger partial charge is 0.330 e. The van der Waals surface area contributed by atoms with Gasteiger partial charge in [0.25, 0.3) is 0 Å². The van der Waals surface area contributed by atoms with E-state index in [2.05, 4.69) is 0 Å². The first-order chi connectivity index (χ1) is 9.89. The zero-order valence-electron chi connectivity index (χ0n) is 12.5. The van der Waals surface area contributed by atoms with Crippen molar-refractivity contribution in [2.75, 3.05) is 13.6 Å². The van der Waals surface area contributed by atoms with Gasteiger partial charge in [0.05, 0.1) is 4.90 Å². The summed E-state index contributed by atoms with van der Waals surface area (Å²) in [7, 11) is -1.88. The fourth-order valence-corrected chi connectivity index (χ4v) is 5.06. The Labute approximate surface area is 132 Å². The lowest BCUT2D eigenvalue weighted by molar-refractivity contribution is 0.204. The van der Waals surface area contributed by atoms with E-state index in [1.807, 2.05) is 0 Å². The lowest BCUT2D eigenvalue weighted by Crippen LogP contribution is -2.45. The van der Waals surface area contributed by atoms with Gasteiger partial charge in [-0.15, -0.1) is 0 Å². The first-order valence-electron chi connectivity index (χ1n) is 7.32. The standard InChI is InChI=1S/C15H23ClN2O2S/c1-11-13(16)7-5-9-15(11)21(19,20)18(2)14-8-4-3-6-12(14)10-17/h5,7,9,12,14H,3-4,6,8,10,17H2,1-2H3. The van der Waals surface area contributed by atoms with E-state index in [0.717, 1.165) is 25.7 Å². The second kappa shape index (κ2) is 6.65. The summed E-state index contributed by atoms with van der Waals surface area (Å²) in [5, 5.41) is 0.475. The average molecular weight is 331 g/mol. The van der Waals surface area contributed by atoms with Crippen LogP contribution in [-0.2, 0) is 10.0 Å². The third-order valence-electron chi connectivity index (χ3n) is 4.51. The Morgan fingerprint density at radius 1 is 1.33 bits per heavy atom. The highest BCUT2D eigenvalue weighted by molar-refractivity contribution is 7.89. The summed E-state index contributed by atoms with van der Waals surface area (Å²) < 4.78 is 27.3. The van der Waals surface area contributed by atoms with Gasteiger partial charge >= 0.3 is 0 Å². The topological polar surface area (TPSA) is 63.4 Å². The molecular weight excluding hydrogens is 308 g/mol. The second-order valence-corrected chi connectivity index (χ2v) is 8.10. The minimum absolute atomic E-state index is 0.0212. The molecule has 6 heteroatoms. The molecule has 1 aliphatic carbocycles. The minimum Gasteiger partial charge on any atom is -0.330 e. The number of nitrogens with two attached hydrogens (primary N) is 1. The van der Waals surface area contributed by atoms with Crippen molar-refractivity contribution in [2.24, 2.45) is 11.7 Å². The maximum Gasteiger partial charge on any atom is 0.243 e. The Morgan fingerprint density at radius 2 is 2.00 bits per heavy atom. The molecule has 2 N–H and O–H groups in total. The van der Waals surface area contributed by atoms with Gasteiger partial charge in [-0.2, -0.15) is 4.31 Å². The van der Waals surface area contributed by atoms with Crippen molar-refractivity contribution in [3.8, 4) is 0 Å². The van der Waals surface area contributed by atoms with Gasteiger partial charge < -0.3 is 5.73 Å². The summed E-state index contributed by atoms with van der Waals surface area (Å²) in [6.07, 6.45) is 4.05. The first kappa shape index (κ1) is 16.7. The number of hydrogen-bond acceptors (Lipinski definition) is 3. The Bertz CT molecular complexity index is 604. The van der Waals surface area contributed by atoms with Crippen molar-refractivity contribution >= 4 is 21.6 Å². The van der Waals surface area contributed by atoms with E-state index in [0.29, 0.717) is 22.0 Å². The number of hydrogen-bond donors (Lipinski definition) is 1. The van der Waals surface area contributed by atoms with Crippen LogP contribution in [-0.4, -0.2) is 32.4 Å². The third-order valence-corrected chi connectivity index (χ3v) is 6.95. The maximum absolute atomic E-state index is 12.9. The van der Waals surface area contributed by atoms with Gasteiger partial charge in [0, 0.05) is 18.1 Å². The molecule has 0 heterocycles. The molecule has 1 fully saturated rings. The van der Waals surface area contributed by atoms with E-state index in [1.165, 1.54) is 4.31 Å². The van der Waals surface area contributed by atoms with Gasteiger partial charge in [0.15, 0.2) is 0 Å². The second-order valence-electron chi connectivity index (χ2n) is 5.73. The molecule has 1 aromatic carbocycles. The first-order valence-corrected chi connectivity index (χ1v) is 9.14. The van der Waals surface area contributed by atoms with Crippen molar-refractivity contribution in [2.45, 2.75) is 43.5 Å². The van der Waals surface area contributed by atoms with Gasteiger partial charge in [-0.3, -0.25) is 0 Å². The summed E-state index contributed by atoms with van der Waals surface area (Å²) in [5.41, 5.74) is 6.43. The number of benzene rings is 1. The Morgan fingerprint density at radius 3 is 2.67 bits per heavy atom. The zero-order valence-corrected chi connectivity index (χ0v) is 14.1. The predicted molar refractivity (Wildman–Crippen MR) is 85.9 cm³/mol. The number of sulfonamides is 1. The van der Waals surface area contributed by atoms with E-state index < -0.39 is 10.0 Å². The smallest absolute Gasteiger partial charge is 0.243 e. The molecule has 1 aliphatic rings. The van der Waals surface area contributed by atoms with Gasteiger partial charge in [-0.25, -0.2) is 8.42 Å². The molecule has 2 rings (SSSR count). The molecule has 0 saturated heterocycles. The van der Waals surface area contributed by atoms with Gasteiger partial charge in [0.2, 0.25) is 10.0 Å². The number of halogens is 1. The van der Waals surface area contributed by atoms with Crippen LogP contribution in [0.5, 0.6) is 0 Å². The van der Waals surface area contributed by atoms with E-state index in [-0.39, 0.29) is 12.0 Å². The molecule has 118 valence electrons. The normalized spacial score (nSPS) is 23.5. The van der Waals surface area contributed by atoms with Crippen LogP contribution in [0.3, 0.4) is 0 Å². The molecule has 0 aliphatic heterocycles. The Kier molecular flexibility index (Phi) is 5.30. The van der Waals surface area contributed by atoms with E-state index >= 15 is 0 Å². The van der Waals surface area contributed by atoms with Crippen LogP contribution < -0.4 is 5.73 Å². The Hall–Kier alpha value is -0.620. The third kappa shape index (κ3) is 3.26. The molecule has 0 spiro atoms. The zero-order chi connectivity index (χ0) is 15.6. The summed E-state index contributed by atoms with van der Waals surface area (Å²) in [6, 6.07) is 4.98. The van der Waals surface area contributed by atoms with Crippen molar-refractivity contribution in [3.05, 3.63) is 28.8 Å². The molecule has 1 saturated carbocycles. The van der Waals surface area contributed by atoms with E-state index in [9.17, 15) is 8.42 Å². The van der Waals surface area contributed by atoms with Crippen LogP contribution in [0.2, 0.25) is 5.02 Å². The van der Waals surface area contributed by atoms with Crippen LogP contribution in [0.1, 0.15) is 31.2 Å². The van der Waals surface area contributed by atoms with Crippen molar-refractivity contribution in [3.63, 3.8) is 0 Å². The van der Waals surface area contributed by atoms with Crippen molar-refractivity contribution in [1.29, 1.82) is 0 Å². The van der Waals surface area contributed by atoms with Crippen molar-refractivity contribution in [1.82, 2.24) is 4.31 Å². The molecule has 4 nitrogen and oxygen atoms in total. The highest BCUT2D eigenvalue weighted by atomic mass is 35.5. The van der Waals surface area contributed by atoms with Crippen LogP contribution >= 0.6 is 11.6 Å². The monoisotopic (exact) mass is 330 g/mol. The lowest BCUT2D eigenvalue weighted by Gasteiger charge is -2.37. The summed E-state index contributed by atoms with van der Waals surface area (Å²) in [4.78, 5) is 0.291. The highest BCUT2D eigenvalue weighted by Crippen LogP contribution is 2.32. The maximum atomic E-state index is 12.9. The molecular formula is C15H23ClN2O2S. The quantitative estimate of drug-likeness (QED) is 0.923. The van der Waals surface area contributed by atoms with Crippen LogP contribution in [0.25, 0.3) is 0 Å². The molecule has 21 heavy (non-hydrogen) atoms. The van der Waals surface area contributed by atoms with Crippen molar-refractivity contribution < 1.29 is 8.42 Å². The molecule has 2 unspecified atom stereocenters. The summed E-state index contributed by atoms with van der Waals surface area (Å²) in [6.45, 7) is 2.27. The Balaban J connectivity index is 2.36. The summed E-state index contributed by atoms with van der Waals surface area (Å²) in [5.74, 6) is 0.234. The number of rotatable bonds is 4. The van der Waals surface area contributed by atoms with Crippen LogP contribution in [0.15, 0.2) is 23.1 Å². The average Bonchev–Trinajstić information content (AvgIpc) is 2.49. The van der Waals surface area contributed by atoms with Gasteiger partial charge in [-0.05, 0) is 49.9 Å². The predicted octanol–water partition coefficient (Wildman–Crippen LogP) is 2.79. The SMILES string of the molecule is Cc1c(Cl)cccc1S(=O)(=O)N(C)C1CCCCC1CN. The fourth-order valence-electron chi connectivity index (χ4n) is 3.14. The molecule has 0 bridgehead atoms. The molecule has 0 aromatic heterocycles. The van der Waals surface area contributed by atoms with E-state index in [1.54, 1.807) is 32.2 Å². The lowest BCUT2D eigenvalue weighted by atomic mass is 9.85.